The molecule has 1 nitrogen and oxygen atoms in total. The molecular weight excluding hydrogens is 324 g/mol. The Hall–Kier alpha value is -1.26. The highest BCUT2D eigenvalue weighted by molar-refractivity contribution is 9.10. The average Bonchev–Trinajstić information content (AvgIpc) is 2.40. The molecule has 0 bridgehead atoms. The summed E-state index contributed by atoms with van der Waals surface area (Å²) in [5.41, 5.74) is 2.58. The van der Waals surface area contributed by atoms with E-state index in [2.05, 4.69) is 27.3 Å². The minimum Gasteiger partial charge on any atom is -0.313 e. The lowest BCUT2D eigenvalue weighted by atomic mass is 9.97. The molecule has 0 aliphatic rings. The smallest absolute Gasteiger partial charge is 0.137 e. The maximum Gasteiger partial charge on any atom is 0.137 e. The number of nitrogens with one attached hydrogen (secondary N) is 1. The van der Waals surface area contributed by atoms with Crippen LogP contribution in [-0.2, 0) is 6.42 Å². The van der Waals surface area contributed by atoms with Crippen molar-refractivity contribution < 1.29 is 8.78 Å². The van der Waals surface area contributed by atoms with E-state index in [1.807, 2.05) is 25.1 Å². The number of likely N-dealkylation sites (N-methyl/N-ethyl adjacent to an activating group) is 1. The SMILES string of the molecule is CNC(Cc1cccc(C)c1)c1cc(F)c(Br)cc1F. The molecule has 0 aliphatic carbocycles. The van der Waals surface area contributed by atoms with Crippen LogP contribution >= 0.6 is 15.9 Å². The molecular formula is C16H16BrF2N. The molecule has 0 heterocycles. The van der Waals surface area contributed by atoms with Crippen LogP contribution in [0.3, 0.4) is 0 Å². The lowest BCUT2D eigenvalue weighted by molar-refractivity contribution is 0.521. The van der Waals surface area contributed by atoms with Crippen molar-refractivity contribution in [3.8, 4) is 0 Å². The van der Waals surface area contributed by atoms with Crippen molar-refractivity contribution in [3.05, 3.63) is 69.2 Å². The largest absolute Gasteiger partial charge is 0.313 e. The lowest BCUT2D eigenvalue weighted by Gasteiger charge is -2.18. The molecule has 4 heteroatoms. The van der Waals surface area contributed by atoms with E-state index in [1.165, 1.54) is 12.1 Å². The van der Waals surface area contributed by atoms with Gasteiger partial charge >= 0.3 is 0 Å². The minimum atomic E-state index is -0.453. The summed E-state index contributed by atoms with van der Waals surface area (Å²) in [7, 11) is 1.75. The van der Waals surface area contributed by atoms with Crippen LogP contribution in [0, 0.1) is 18.6 Å². The summed E-state index contributed by atoms with van der Waals surface area (Å²) < 4.78 is 27.8. The van der Waals surface area contributed by atoms with Gasteiger partial charge in [0.05, 0.1) is 4.47 Å². The highest BCUT2D eigenvalue weighted by atomic mass is 79.9. The third-order valence-corrected chi connectivity index (χ3v) is 3.89. The van der Waals surface area contributed by atoms with Gasteiger partial charge in [0.25, 0.3) is 0 Å². The van der Waals surface area contributed by atoms with Crippen LogP contribution in [-0.4, -0.2) is 7.05 Å². The van der Waals surface area contributed by atoms with Crippen molar-refractivity contribution in [2.75, 3.05) is 7.05 Å². The van der Waals surface area contributed by atoms with Crippen LogP contribution in [0.5, 0.6) is 0 Å². The fourth-order valence-electron chi connectivity index (χ4n) is 2.25. The Morgan fingerprint density at radius 1 is 1.15 bits per heavy atom. The van der Waals surface area contributed by atoms with Gasteiger partial charge < -0.3 is 5.32 Å². The molecule has 1 N–H and O–H groups in total. The fourth-order valence-corrected chi connectivity index (χ4v) is 2.56. The fraction of sp³-hybridized carbons (Fsp3) is 0.250. The highest BCUT2D eigenvalue weighted by Gasteiger charge is 2.17. The molecule has 2 rings (SSSR count). The second-order valence-corrected chi connectivity index (χ2v) is 5.68. The summed E-state index contributed by atoms with van der Waals surface area (Å²) in [6.45, 7) is 2.01. The summed E-state index contributed by atoms with van der Waals surface area (Å²) in [6, 6.07) is 10.2. The number of hydrogen-bond acceptors (Lipinski definition) is 1. The second-order valence-electron chi connectivity index (χ2n) is 4.82. The van der Waals surface area contributed by atoms with E-state index < -0.39 is 11.6 Å². The quantitative estimate of drug-likeness (QED) is 0.806. The summed E-state index contributed by atoms with van der Waals surface area (Å²) in [5, 5.41) is 3.05. The Morgan fingerprint density at radius 3 is 2.55 bits per heavy atom. The van der Waals surface area contributed by atoms with E-state index in [-0.39, 0.29) is 10.5 Å². The first-order chi connectivity index (χ1) is 9.51. The predicted molar refractivity (Wildman–Crippen MR) is 80.7 cm³/mol. The zero-order valence-corrected chi connectivity index (χ0v) is 13.0. The Balaban J connectivity index is 2.31. The summed E-state index contributed by atoms with van der Waals surface area (Å²) in [5.74, 6) is -0.865. The van der Waals surface area contributed by atoms with Gasteiger partial charge in [-0.15, -0.1) is 0 Å². The summed E-state index contributed by atoms with van der Waals surface area (Å²) >= 11 is 2.99. The number of rotatable bonds is 4. The summed E-state index contributed by atoms with van der Waals surface area (Å²) in [6.07, 6.45) is 0.607. The van der Waals surface area contributed by atoms with Crippen molar-refractivity contribution >= 4 is 15.9 Å². The van der Waals surface area contributed by atoms with Gasteiger partial charge in [0.1, 0.15) is 11.6 Å². The van der Waals surface area contributed by atoms with E-state index in [0.29, 0.717) is 12.0 Å². The van der Waals surface area contributed by atoms with Crippen LogP contribution in [0.2, 0.25) is 0 Å². The van der Waals surface area contributed by atoms with Crippen LogP contribution in [0.1, 0.15) is 22.7 Å². The maximum absolute atomic E-state index is 14.0. The van der Waals surface area contributed by atoms with Gasteiger partial charge in [-0.2, -0.15) is 0 Å². The van der Waals surface area contributed by atoms with Gasteiger partial charge in [0, 0.05) is 11.6 Å². The molecule has 20 heavy (non-hydrogen) atoms. The van der Waals surface area contributed by atoms with E-state index in [9.17, 15) is 8.78 Å². The molecule has 0 saturated heterocycles. The van der Waals surface area contributed by atoms with Crippen LogP contribution < -0.4 is 5.32 Å². The highest BCUT2D eigenvalue weighted by Crippen LogP contribution is 2.26. The van der Waals surface area contributed by atoms with E-state index in [4.69, 9.17) is 0 Å². The van der Waals surface area contributed by atoms with Gasteiger partial charge in [-0.25, -0.2) is 8.78 Å². The van der Waals surface area contributed by atoms with Gasteiger partial charge in [0.2, 0.25) is 0 Å². The topological polar surface area (TPSA) is 12.0 Å². The first-order valence-electron chi connectivity index (χ1n) is 6.38. The molecule has 1 atom stereocenters. The number of halogens is 3. The zero-order chi connectivity index (χ0) is 14.7. The van der Waals surface area contributed by atoms with Crippen LogP contribution in [0.15, 0.2) is 40.9 Å². The Kier molecular flexibility index (Phi) is 4.89. The van der Waals surface area contributed by atoms with Gasteiger partial charge in [-0.1, -0.05) is 29.8 Å². The first kappa shape index (κ1) is 15.1. The average molecular weight is 340 g/mol. The standard InChI is InChI=1S/C16H16BrF2N/c1-10-4-3-5-11(6-10)7-16(20-2)12-8-15(19)13(17)9-14(12)18/h3-6,8-9,16,20H,7H2,1-2H3. The summed E-state index contributed by atoms with van der Waals surface area (Å²) in [4.78, 5) is 0. The van der Waals surface area contributed by atoms with Crippen molar-refractivity contribution in [3.63, 3.8) is 0 Å². The number of benzene rings is 2. The van der Waals surface area contributed by atoms with Crippen molar-refractivity contribution in [2.45, 2.75) is 19.4 Å². The minimum absolute atomic E-state index is 0.143. The third kappa shape index (κ3) is 3.44. The first-order valence-corrected chi connectivity index (χ1v) is 7.18. The van der Waals surface area contributed by atoms with Crippen molar-refractivity contribution in [1.82, 2.24) is 5.32 Å². The van der Waals surface area contributed by atoms with E-state index >= 15 is 0 Å². The van der Waals surface area contributed by atoms with Crippen LogP contribution in [0.4, 0.5) is 8.78 Å². The van der Waals surface area contributed by atoms with Gasteiger partial charge in [-0.3, -0.25) is 0 Å². The maximum atomic E-state index is 14.0. The van der Waals surface area contributed by atoms with Crippen molar-refractivity contribution in [2.24, 2.45) is 0 Å². The monoisotopic (exact) mass is 339 g/mol. The number of aryl methyl sites for hydroxylation is 1. The van der Waals surface area contributed by atoms with Crippen molar-refractivity contribution in [1.29, 1.82) is 0 Å². The molecule has 1 unspecified atom stereocenters. The molecule has 0 aliphatic heterocycles. The molecule has 0 spiro atoms. The second kappa shape index (κ2) is 6.46. The Bertz CT molecular complexity index is 613. The molecule has 2 aromatic rings. The zero-order valence-electron chi connectivity index (χ0n) is 11.4. The molecule has 106 valence electrons. The Morgan fingerprint density at radius 2 is 1.90 bits per heavy atom. The molecule has 0 fully saturated rings. The number of hydrogen-bond donors (Lipinski definition) is 1. The molecule has 0 radical (unpaired) electrons. The molecule has 0 aromatic heterocycles. The predicted octanol–water partition coefficient (Wildman–Crippen LogP) is 4.54. The van der Waals surface area contributed by atoms with E-state index in [1.54, 1.807) is 7.05 Å². The Labute approximate surface area is 126 Å². The molecule has 0 amide bonds. The molecule has 0 saturated carbocycles. The molecule has 2 aromatic carbocycles. The lowest BCUT2D eigenvalue weighted by Crippen LogP contribution is -2.20. The third-order valence-electron chi connectivity index (χ3n) is 3.29. The van der Waals surface area contributed by atoms with E-state index in [0.717, 1.165) is 11.1 Å². The van der Waals surface area contributed by atoms with Gasteiger partial charge in [0.15, 0.2) is 0 Å². The van der Waals surface area contributed by atoms with Gasteiger partial charge in [-0.05, 0) is 54.0 Å². The van der Waals surface area contributed by atoms with Crippen LogP contribution in [0.25, 0.3) is 0 Å². The normalized spacial score (nSPS) is 12.4.